The molecule has 0 saturated carbocycles. The van der Waals surface area contributed by atoms with Gasteiger partial charge in [0.2, 0.25) is 0 Å². The van der Waals surface area contributed by atoms with Gasteiger partial charge in [-0.2, -0.15) is 0 Å². The van der Waals surface area contributed by atoms with Crippen LogP contribution < -0.4 is 11.5 Å². The topological polar surface area (TPSA) is 61.3 Å². The van der Waals surface area contributed by atoms with Gasteiger partial charge in [0.1, 0.15) is 5.72 Å². The number of nitrogens with two attached hydrogens (primary N) is 2. The minimum absolute atomic E-state index is 0.479. The van der Waals surface area contributed by atoms with Crippen LogP contribution in [0.3, 0.4) is 0 Å². The Balaban J connectivity index is 2.61. The molecule has 1 rings (SSSR count). The second-order valence-corrected chi connectivity index (χ2v) is 3.40. The predicted molar refractivity (Wildman–Crippen MR) is 44.9 cm³/mol. The Bertz CT molecular complexity index is 161. The molecule has 2 atom stereocenters. The first kappa shape index (κ1) is 8.71. The molecule has 1 saturated heterocycles. The normalized spacial score (nSPS) is 35.5. The van der Waals surface area contributed by atoms with Crippen molar-refractivity contribution in [1.29, 1.82) is 0 Å². The molecule has 3 heteroatoms. The molecule has 0 radical (unpaired) electrons. The Morgan fingerprint density at radius 3 is 2.64 bits per heavy atom. The Morgan fingerprint density at radius 2 is 2.36 bits per heavy atom. The third-order valence-electron chi connectivity index (χ3n) is 2.37. The zero-order valence-electron chi connectivity index (χ0n) is 6.97. The molecule has 11 heavy (non-hydrogen) atoms. The van der Waals surface area contributed by atoms with Gasteiger partial charge in [-0.05, 0) is 13.3 Å². The van der Waals surface area contributed by atoms with Crippen LogP contribution in [0.4, 0.5) is 0 Å². The van der Waals surface area contributed by atoms with Crippen LogP contribution in [-0.2, 0) is 4.74 Å². The molecule has 2 unspecified atom stereocenters. The van der Waals surface area contributed by atoms with E-state index in [1.807, 2.05) is 6.92 Å². The molecule has 1 aliphatic rings. The van der Waals surface area contributed by atoms with Crippen LogP contribution in [0.5, 0.6) is 0 Å². The van der Waals surface area contributed by atoms with Crippen LogP contribution >= 0.6 is 0 Å². The molecule has 0 aromatic heterocycles. The van der Waals surface area contributed by atoms with Crippen molar-refractivity contribution in [2.45, 2.75) is 31.0 Å². The fourth-order valence-electron chi connectivity index (χ4n) is 1.24. The molecular weight excluding hydrogens is 140 g/mol. The standard InChI is InChI=1S/C8H16N2O/c1-3-4-7(2,9)8(10)5-6-11-8/h3H,1,4-6,9-10H2,2H3. The van der Waals surface area contributed by atoms with Crippen LogP contribution in [0.25, 0.3) is 0 Å². The van der Waals surface area contributed by atoms with Gasteiger partial charge < -0.3 is 16.2 Å². The maximum absolute atomic E-state index is 5.95. The Morgan fingerprint density at radius 1 is 1.82 bits per heavy atom. The summed E-state index contributed by atoms with van der Waals surface area (Å²) < 4.78 is 5.24. The predicted octanol–water partition coefficient (Wildman–Crippen LogP) is 0.355. The van der Waals surface area contributed by atoms with Gasteiger partial charge in [-0.15, -0.1) is 6.58 Å². The highest BCUT2D eigenvalue weighted by molar-refractivity contribution is 5.04. The first-order valence-electron chi connectivity index (χ1n) is 3.84. The lowest BCUT2D eigenvalue weighted by Crippen LogP contribution is -2.70. The highest BCUT2D eigenvalue weighted by Crippen LogP contribution is 2.32. The van der Waals surface area contributed by atoms with E-state index in [0.29, 0.717) is 6.42 Å². The minimum atomic E-state index is -0.624. The Kier molecular flexibility index (Phi) is 2.05. The fourth-order valence-corrected chi connectivity index (χ4v) is 1.24. The molecule has 1 fully saturated rings. The van der Waals surface area contributed by atoms with Crippen LogP contribution in [0.1, 0.15) is 19.8 Å². The summed E-state index contributed by atoms with van der Waals surface area (Å²) >= 11 is 0. The van der Waals surface area contributed by atoms with Crippen molar-refractivity contribution in [3.05, 3.63) is 12.7 Å². The van der Waals surface area contributed by atoms with Crippen molar-refractivity contribution in [1.82, 2.24) is 0 Å². The van der Waals surface area contributed by atoms with Crippen molar-refractivity contribution in [3.63, 3.8) is 0 Å². The second-order valence-electron chi connectivity index (χ2n) is 3.40. The molecule has 4 N–H and O–H groups in total. The van der Waals surface area contributed by atoms with E-state index in [0.717, 1.165) is 13.0 Å². The van der Waals surface area contributed by atoms with Crippen molar-refractivity contribution in [3.8, 4) is 0 Å². The third kappa shape index (κ3) is 1.31. The lowest BCUT2D eigenvalue weighted by Gasteiger charge is -2.49. The average molecular weight is 156 g/mol. The molecule has 64 valence electrons. The van der Waals surface area contributed by atoms with E-state index in [9.17, 15) is 0 Å². The van der Waals surface area contributed by atoms with E-state index in [4.69, 9.17) is 16.2 Å². The third-order valence-corrected chi connectivity index (χ3v) is 2.37. The van der Waals surface area contributed by atoms with Gasteiger partial charge in [0.25, 0.3) is 0 Å². The zero-order chi connectivity index (χ0) is 8.54. The molecule has 0 spiro atoms. The van der Waals surface area contributed by atoms with E-state index in [2.05, 4.69) is 6.58 Å². The molecule has 1 aliphatic heterocycles. The molecule has 0 amide bonds. The van der Waals surface area contributed by atoms with Crippen molar-refractivity contribution in [2.75, 3.05) is 6.61 Å². The average Bonchev–Trinajstić information content (AvgIpc) is 1.82. The largest absolute Gasteiger partial charge is 0.359 e. The molecule has 0 aliphatic carbocycles. The van der Waals surface area contributed by atoms with E-state index in [1.54, 1.807) is 6.08 Å². The van der Waals surface area contributed by atoms with Gasteiger partial charge in [-0.25, -0.2) is 0 Å². The molecule has 0 aromatic carbocycles. The van der Waals surface area contributed by atoms with Gasteiger partial charge >= 0.3 is 0 Å². The van der Waals surface area contributed by atoms with E-state index in [-0.39, 0.29) is 0 Å². The Hall–Kier alpha value is -0.380. The maximum atomic E-state index is 5.95. The first-order valence-corrected chi connectivity index (χ1v) is 3.84. The minimum Gasteiger partial charge on any atom is -0.359 e. The first-order chi connectivity index (χ1) is 5.02. The SMILES string of the molecule is C=CCC(C)(N)C1(N)CCO1. The molecule has 0 bridgehead atoms. The second kappa shape index (κ2) is 2.59. The zero-order valence-corrected chi connectivity index (χ0v) is 6.97. The summed E-state index contributed by atoms with van der Waals surface area (Å²) in [5.41, 5.74) is 10.7. The summed E-state index contributed by atoms with van der Waals surface area (Å²) in [7, 11) is 0. The summed E-state index contributed by atoms with van der Waals surface area (Å²) in [6.07, 6.45) is 3.30. The molecule has 0 aromatic rings. The summed E-state index contributed by atoms with van der Waals surface area (Å²) in [5.74, 6) is 0. The van der Waals surface area contributed by atoms with E-state index >= 15 is 0 Å². The van der Waals surface area contributed by atoms with Gasteiger partial charge in [-0.3, -0.25) is 0 Å². The maximum Gasteiger partial charge on any atom is 0.137 e. The van der Waals surface area contributed by atoms with Gasteiger partial charge in [0.15, 0.2) is 0 Å². The number of hydrogen-bond donors (Lipinski definition) is 2. The van der Waals surface area contributed by atoms with Crippen molar-refractivity contribution >= 4 is 0 Å². The highest BCUT2D eigenvalue weighted by atomic mass is 16.5. The lowest BCUT2D eigenvalue weighted by atomic mass is 9.82. The van der Waals surface area contributed by atoms with E-state index in [1.165, 1.54) is 0 Å². The number of ether oxygens (including phenoxy) is 1. The summed E-state index contributed by atoms with van der Waals surface area (Å²) in [6.45, 7) is 6.25. The number of rotatable bonds is 3. The van der Waals surface area contributed by atoms with Crippen LogP contribution in [0.2, 0.25) is 0 Å². The van der Waals surface area contributed by atoms with Gasteiger partial charge in [0.05, 0.1) is 12.1 Å². The Labute approximate surface area is 67.4 Å². The molecule has 3 nitrogen and oxygen atoms in total. The molecular formula is C8H16N2O. The smallest absolute Gasteiger partial charge is 0.137 e. The quantitative estimate of drug-likeness (QED) is 0.580. The summed E-state index contributed by atoms with van der Waals surface area (Å²) in [6, 6.07) is 0. The molecule has 1 heterocycles. The van der Waals surface area contributed by atoms with Crippen LogP contribution in [0.15, 0.2) is 12.7 Å². The van der Waals surface area contributed by atoms with Gasteiger partial charge in [0, 0.05) is 6.42 Å². The highest BCUT2D eigenvalue weighted by Gasteiger charge is 2.47. The van der Waals surface area contributed by atoms with Crippen molar-refractivity contribution < 1.29 is 4.74 Å². The fraction of sp³-hybridized carbons (Fsp3) is 0.750. The number of hydrogen-bond acceptors (Lipinski definition) is 3. The monoisotopic (exact) mass is 156 g/mol. The van der Waals surface area contributed by atoms with E-state index < -0.39 is 11.3 Å². The van der Waals surface area contributed by atoms with Crippen LogP contribution in [0, 0.1) is 0 Å². The lowest BCUT2D eigenvalue weighted by molar-refractivity contribution is -0.181. The van der Waals surface area contributed by atoms with Crippen LogP contribution in [-0.4, -0.2) is 17.9 Å². The van der Waals surface area contributed by atoms with Gasteiger partial charge in [-0.1, -0.05) is 6.08 Å². The summed E-state index contributed by atoms with van der Waals surface area (Å²) in [4.78, 5) is 0. The summed E-state index contributed by atoms with van der Waals surface area (Å²) in [5, 5.41) is 0. The van der Waals surface area contributed by atoms with Crippen molar-refractivity contribution in [2.24, 2.45) is 11.5 Å².